The minimum atomic E-state index is -0.805. The van der Waals surface area contributed by atoms with Gasteiger partial charge in [0.2, 0.25) is 0 Å². The summed E-state index contributed by atoms with van der Waals surface area (Å²) in [5.74, 6) is -0.530. The van der Waals surface area contributed by atoms with Crippen molar-refractivity contribution in [3.05, 3.63) is 82.9 Å². The van der Waals surface area contributed by atoms with E-state index in [0.29, 0.717) is 18.7 Å². The molecule has 2 N–H and O–H groups in total. The summed E-state index contributed by atoms with van der Waals surface area (Å²) in [5.41, 5.74) is 2.47. The first-order valence-electron chi connectivity index (χ1n) is 7.56. The third-order valence-corrected chi connectivity index (χ3v) is 3.96. The SMILES string of the molecule is OC(CNCc1cnn(-c2ccccc2)c1)c1ccc(Cl)c(F)c1. The van der Waals surface area contributed by atoms with E-state index in [0.717, 1.165) is 11.3 Å². The van der Waals surface area contributed by atoms with Crippen molar-refractivity contribution in [1.29, 1.82) is 0 Å². The van der Waals surface area contributed by atoms with E-state index in [1.165, 1.54) is 12.1 Å². The van der Waals surface area contributed by atoms with E-state index >= 15 is 0 Å². The summed E-state index contributed by atoms with van der Waals surface area (Å²) in [6, 6.07) is 14.1. The Morgan fingerprint density at radius 2 is 2.00 bits per heavy atom. The van der Waals surface area contributed by atoms with Crippen LogP contribution in [0.3, 0.4) is 0 Å². The maximum Gasteiger partial charge on any atom is 0.142 e. The van der Waals surface area contributed by atoms with E-state index in [9.17, 15) is 9.50 Å². The van der Waals surface area contributed by atoms with Gasteiger partial charge < -0.3 is 10.4 Å². The van der Waals surface area contributed by atoms with Crippen molar-refractivity contribution in [2.24, 2.45) is 0 Å². The number of hydrogen-bond donors (Lipinski definition) is 2. The number of aliphatic hydroxyl groups is 1. The first-order valence-corrected chi connectivity index (χ1v) is 7.94. The number of rotatable bonds is 6. The highest BCUT2D eigenvalue weighted by Gasteiger charge is 2.10. The average Bonchev–Trinajstić information content (AvgIpc) is 3.07. The predicted molar refractivity (Wildman–Crippen MR) is 91.6 cm³/mol. The molecule has 0 bridgehead atoms. The van der Waals surface area contributed by atoms with E-state index in [-0.39, 0.29) is 5.02 Å². The van der Waals surface area contributed by atoms with E-state index in [2.05, 4.69) is 10.4 Å². The summed E-state index contributed by atoms with van der Waals surface area (Å²) < 4.78 is 15.2. The molecule has 0 amide bonds. The van der Waals surface area contributed by atoms with E-state index < -0.39 is 11.9 Å². The van der Waals surface area contributed by atoms with Crippen molar-refractivity contribution in [3.8, 4) is 5.69 Å². The second-order valence-electron chi connectivity index (χ2n) is 5.45. The van der Waals surface area contributed by atoms with Crippen molar-refractivity contribution in [2.45, 2.75) is 12.6 Å². The van der Waals surface area contributed by atoms with Crippen LogP contribution in [0.2, 0.25) is 5.02 Å². The van der Waals surface area contributed by atoms with Gasteiger partial charge in [-0.1, -0.05) is 35.9 Å². The number of hydrogen-bond acceptors (Lipinski definition) is 3. The van der Waals surface area contributed by atoms with Gasteiger partial charge in [0.05, 0.1) is 23.0 Å². The molecule has 4 nitrogen and oxygen atoms in total. The molecule has 1 unspecified atom stereocenters. The van der Waals surface area contributed by atoms with Gasteiger partial charge in [0.25, 0.3) is 0 Å². The Morgan fingerprint density at radius 3 is 2.75 bits per heavy atom. The average molecular weight is 346 g/mol. The number of nitrogens with zero attached hydrogens (tertiary/aromatic N) is 2. The van der Waals surface area contributed by atoms with Gasteiger partial charge in [-0.05, 0) is 29.8 Å². The Labute approximate surface area is 144 Å². The Hall–Kier alpha value is -2.21. The molecule has 1 atom stereocenters. The van der Waals surface area contributed by atoms with Crippen LogP contribution in [0.25, 0.3) is 5.69 Å². The summed E-state index contributed by atoms with van der Waals surface area (Å²) in [5, 5.41) is 17.6. The zero-order chi connectivity index (χ0) is 16.9. The molecule has 0 saturated heterocycles. The summed E-state index contributed by atoms with van der Waals surface area (Å²) in [6.45, 7) is 0.859. The van der Waals surface area contributed by atoms with Gasteiger partial charge in [0, 0.05) is 24.8 Å². The van der Waals surface area contributed by atoms with Crippen LogP contribution in [0.1, 0.15) is 17.2 Å². The van der Waals surface area contributed by atoms with Crippen molar-refractivity contribution >= 4 is 11.6 Å². The van der Waals surface area contributed by atoms with Crippen LogP contribution in [0.5, 0.6) is 0 Å². The molecule has 3 aromatic rings. The maximum absolute atomic E-state index is 13.4. The quantitative estimate of drug-likeness (QED) is 0.719. The second kappa shape index (κ2) is 7.57. The van der Waals surface area contributed by atoms with Crippen LogP contribution in [0.15, 0.2) is 60.9 Å². The second-order valence-corrected chi connectivity index (χ2v) is 5.86. The molecule has 0 saturated carbocycles. The zero-order valence-electron chi connectivity index (χ0n) is 12.9. The third-order valence-electron chi connectivity index (χ3n) is 3.65. The molecule has 0 fully saturated rings. The molecule has 0 aliphatic heterocycles. The van der Waals surface area contributed by atoms with Gasteiger partial charge >= 0.3 is 0 Å². The summed E-state index contributed by atoms with van der Waals surface area (Å²) in [6.07, 6.45) is 2.89. The van der Waals surface area contributed by atoms with Gasteiger partial charge in [-0.15, -0.1) is 0 Å². The summed E-state index contributed by atoms with van der Waals surface area (Å²) >= 11 is 5.64. The first kappa shape index (κ1) is 16.6. The number of halogens is 2. The molecule has 0 aliphatic rings. The molecule has 0 radical (unpaired) electrons. The molecular weight excluding hydrogens is 329 g/mol. The molecular formula is C18H17ClFN3O. The lowest BCUT2D eigenvalue weighted by molar-refractivity contribution is 0.174. The van der Waals surface area contributed by atoms with E-state index in [4.69, 9.17) is 11.6 Å². The van der Waals surface area contributed by atoms with Crippen LogP contribution in [-0.4, -0.2) is 21.4 Å². The zero-order valence-corrected chi connectivity index (χ0v) is 13.6. The summed E-state index contributed by atoms with van der Waals surface area (Å²) in [4.78, 5) is 0. The maximum atomic E-state index is 13.4. The normalized spacial score (nSPS) is 12.3. The number of nitrogens with one attached hydrogen (secondary N) is 1. The fourth-order valence-electron chi connectivity index (χ4n) is 2.36. The van der Waals surface area contributed by atoms with Crippen molar-refractivity contribution < 1.29 is 9.50 Å². The Balaban J connectivity index is 1.55. The molecule has 0 aliphatic carbocycles. The molecule has 1 aromatic heterocycles. The van der Waals surface area contributed by atoms with Gasteiger partial charge in [0.15, 0.2) is 0 Å². The highest BCUT2D eigenvalue weighted by Crippen LogP contribution is 2.20. The number of benzene rings is 2. The number of aliphatic hydroxyl groups excluding tert-OH is 1. The number of aromatic nitrogens is 2. The van der Waals surface area contributed by atoms with Gasteiger partial charge in [0.1, 0.15) is 5.82 Å². The number of para-hydroxylation sites is 1. The fraction of sp³-hybridized carbons (Fsp3) is 0.167. The molecule has 0 spiro atoms. The van der Waals surface area contributed by atoms with Crippen LogP contribution in [0, 0.1) is 5.82 Å². The van der Waals surface area contributed by atoms with Crippen LogP contribution < -0.4 is 5.32 Å². The van der Waals surface area contributed by atoms with Crippen LogP contribution in [-0.2, 0) is 6.54 Å². The molecule has 3 rings (SSSR count). The molecule has 1 heterocycles. The minimum Gasteiger partial charge on any atom is -0.387 e. The van der Waals surface area contributed by atoms with Crippen molar-refractivity contribution in [3.63, 3.8) is 0 Å². The van der Waals surface area contributed by atoms with Gasteiger partial charge in [-0.2, -0.15) is 5.10 Å². The van der Waals surface area contributed by atoms with E-state index in [1.807, 2.05) is 36.5 Å². The Bertz CT molecular complexity index is 807. The first-order chi connectivity index (χ1) is 11.6. The fourth-order valence-corrected chi connectivity index (χ4v) is 2.48. The highest BCUT2D eigenvalue weighted by atomic mass is 35.5. The largest absolute Gasteiger partial charge is 0.387 e. The standard InChI is InChI=1S/C18H17ClFN3O/c19-16-7-6-14(8-17(16)20)18(24)11-21-9-13-10-22-23(12-13)15-4-2-1-3-5-15/h1-8,10,12,18,21,24H,9,11H2. The highest BCUT2D eigenvalue weighted by molar-refractivity contribution is 6.30. The van der Waals surface area contributed by atoms with Crippen molar-refractivity contribution in [1.82, 2.24) is 15.1 Å². The lowest BCUT2D eigenvalue weighted by Gasteiger charge is -2.12. The van der Waals surface area contributed by atoms with Gasteiger partial charge in [-0.25, -0.2) is 9.07 Å². The lowest BCUT2D eigenvalue weighted by Crippen LogP contribution is -2.21. The molecule has 2 aromatic carbocycles. The third kappa shape index (κ3) is 4.00. The smallest absolute Gasteiger partial charge is 0.142 e. The van der Waals surface area contributed by atoms with Crippen LogP contribution >= 0.6 is 11.6 Å². The Morgan fingerprint density at radius 1 is 1.21 bits per heavy atom. The predicted octanol–water partition coefficient (Wildman–Crippen LogP) is 3.49. The van der Waals surface area contributed by atoms with E-state index in [1.54, 1.807) is 16.9 Å². The van der Waals surface area contributed by atoms with Crippen molar-refractivity contribution in [2.75, 3.05) is 6.54 Å². The molecule has 124 valence electrons. The summed E-state index contributed by atoms with van der Waals surface area (Å²) in [7, 11) is 0. The van der Waals surface area contributed by atoms with Gasteiger partial charge in [-0.3, -0.25) is 0 Å². The molecule has 6 heteroatoms. The topological polar surface area (TPSA) is 50.1 Å². The molecule has 24 heavy (non-hydrogen) atoms. The monoisotopic (exact) mass is 345 g/mol. The minimum absolute atomic E-state index is 0.0484. The van der Waals surface area contributed by atoms with Crippen LogP contribution in [0.4, 0.5) is 4.39 Å². The Kier molecular flexibility index (Phi) is 5.25. The lowest BCUT2D eigenvalue weighted by atomic mass is 10.1.